The number of hydrogen-bond donors (Lipinski definition) is 2. The zero-order valence-electron chi connectivity index (χ0n) is 15.3. The first-order valence-corrected chi connectivity index (χ1v) is 8.50. The molecule has 0 bridgehead atoms. The second-order valence-corrected chi connectivity index (χ2v) is 6.76. The summed E-state index contributed by atoms with van der Waals surface area (Å²) in [5, 5.41) is 5.52. The van der Waals surface area contributed by atoms with Crippen molar-refractivity contribution in [2.24, 2.45) is 0 Å². The van der Waals surface area contributed by atoms with E-state index in [2.05, 4.69) is 10.6 Å². The highest BCUT2D eigenvalue weighted by Gasteiger charge is 2.52. The Morgan fingerprint density at radius 2 is 1.92 bits per heavy atom. The van der Waals surface area contributed by atoms with E-state index in [1.54, 1.807) is 32.0 Å². The van der Waals surface area contributed by atoms with Crippen LogP contribution in [0.15, 0.2) is 18.2 Å². The Morgan fingerprint density at radius 3 is 2.50 bits per heavy atom. The molecule has 1 aliphatic heterocycles. The van der Waals surface area contributed by atoms with Crippen molar-refractivity contribution in [3.8, 4) is 11.5 Å². The quantitative estimate of drug-likeness (QED) is 0.741. The molecule has 1 saturated heterocycles. The molecule has 0 radical (unpaired) electrons. The van der Waals surface area contributed by atoms with E-state index in [9.17, 15) is 14.4 Å². The molecule has 1 aromatic carbocycles. The average molecular weight is 361 g/mol. The minimum atomic E-state index is -1.29. The van der Waals surface area contributed by atoms with Crippen molar-refractivity contribution < 1.29 is 23.9 Å². The van der Waals surface area contributed by atoms with E-state index in [0.29, 0.717) is 17.1 Å². The van der Waals surface area contributed by atoms with Crippen molar-refractivity contribution in [3.63, 3.8) is 0 Å². The normalized spacial score (nSPS) is 23.5. The number of ether oxygens (including phenoxy) is 2. The highest BCUT2D eigenvalue weighted by molar-refractivity contribution is 6.10. The summed E-state index contributed by atoms with van der Waals surface area (Å²) >= 11 is 0. The molecular weight excluding hydrogens is 338 g/mol. The van der Waals surface area contributed by atoms with Crippen molar-refractivity contribution in [3.05, 3.63) is 23.8 Å². The number of carbonyl (C=O) groups is 3. The van der Waals surface area contributed by atoms with Gasteiger partial charge in [-0.1, -0.05) is 6.07 Å². The van der Waals surface area contributed by atoms with Crippen LogP contribution >= 0.6 is 0 Å². The number of hydrogen-bond acceptors (Lipinski definition) is 5. The minimum absolute atomic E-state index is 0.156. The zero-order valence-corrected chi connectivity index (χ0v) is 15.3. The lowest BCUT2D eigenvalue weighted by molar-refractivity contribution is -0.137. The third kappa shape index (κ3) is 2.95. The first-order valence-electron chi connectivity index (χ1n) is 8.50. The second kappa shape index (κ2) is 6.51. The summed E-state index contributed by atoms with van der Waals surface area (Å²) in [5.41, 5.74) is -0.740. The molecule has 8 heteroatoms. The van der Waals surface area contributed by atoms with Crippen LogP contribution in [0.2, 0.25) is 0 Å². The second-order valence-electron chi connectivity index (χ2n) is 6.76. The van der Waals surface area contributed by atoms with Gasteiger partial charge in [-0.05, 0) is 44.4 Å². The van der Waals surface area contributed by atoms with Crippen LogP contribution in [0.3, 0.4) is 0 Å². The monoisotopic (exact) mass is 361 g/mol. The number of carbonyl (C=O) groups excluding carboxylic acids is 3. The van der Waals surface area contributed by atoms with Crippen LogP contribution in [-0.2, 0) is 15.1 Å². The van der Waals surface area contributed by atoms with Crippen LogP contribution in [0.25, 0.3) is 0 Å². The van der Waals surface area contributed by atoms with Gasteiger partial charge in [0.1, 0.15) is 11.6 Å². The van der Waals surface area contributed by atoms with Crippen molar-refractivity contribution in [1.29, 1.82) is 0 Å². The molecule has 0 spiro atoms. The fourth-order valence-electron chi connectivity index (χ4n) is 3.02. The Balaban J connectivity index is 1.87. The van der Waals surface area contributed by atoms with Crippen LogP contribution in [0, 0.1) is 0 Å². The summed E-state index contributed by atoms with van der Waals surface area (Å²) in [7, 11) is 3.01. The fourth-order valence-corrected chi connectivity index (χ4v) is 3.02. The molecule has 8 nitrogen and oxygen atoms in total. The van der Waals surface area contributed by atoms with Gasteiger partial charge in [-0.3, -0.25) is 9.59 Å². The lowest BCUT2D eigenvalue weighted by atomic mass is 9.91. The summed E-state index contributed by atoms with van der Waals surface area (Å²) in [4.78, 5) is 38.7. The highest BCUT2D eigenvalue weighted by Crippen LogP contribution is 2.36. The molecule has 0 unspecified atom stereocenters. The van der Waals surface area contributed by atoms with Gasteiger partial charge in [0.2, 0.25) is 5.91 Å². The van der Waals surface area contributed by atoms with Gasteiger partial charge in [0.25, 0.3) is 5.91 Å². The molecule has 3 rings (SSSR count). The first kappa shape index (κ1) is 18.0. The number of methoxy groups -OCH3 is 2. The van der Waals surface area contributed by atoms with E-state index in [4.69, 9.17) is 9.47 Å². The molecule has 2 aliphatic rings. The first-order chi connectivity index (χ1) is 12.3. The van der Waals surface area contributed by atoms with Crippen molar-refractivity contribution in [2.45, 2.75) is 44.3 Å². The molecule has 26 heavy (non-hydrogen) atoms. The van der Waals surface area contributed by atoms with Gasteiger partial charge < -0.3 is 20.1 Å². The topological polar surface area (TPSA) is 97.0 Å². The maximum absolute atomic E-state index is 13.0. The molecule has 1 saturated carbocycles. The highest BCUT2D eigenvalue weighted by atomic mass is 16.5. The molecule has 2 atom stereocenters. The fraction of sp³-hybridized carbons (Fsp3) is 0.500. The number of imide groups is 1. The van der Waals surface area contributed by atoms with Gasteiger partial charge in [-0.25, -0.2) is 9.69 Å². The van der Waals surface area contributed by atoms with E-state index in [-0.39, 0.29) is 11.9 Å². The van der Waals surface area contributed by atoms with E-state index in [1.807, 2.05) is 0 Å². The van der Waals surface area contributed by atoms with Crippen LogP contribution < -0.4 is 20.1 Å². The zero-order chi connectivity index (χ0) is 19.1. The lowest BCUT2D eigenvalue weighted by Gasteiger charge is -2.25. The number of nitrogens with one attached hydrogen (secondary N) is 2. The van der Waals surface area contributed by atoms with Gasteiger partial charge in [0, 0.05) is 6.04 Å². The number of rotatable bonds is 6. The number of nitrogens with zero attached hydrogens (tertiary/aromatic N) is 1. The average Bonchev–Trinajstić information content (AvgIpc) is 3.40. The molecular formula is C18H23N3O5. The Morgan fingerprint density at radius 1 is 1.27 bits per heavy atom. The number of benzene rings is 1. The van der Waals surface area contributed by atoms with Crippen LogP contribution in [-0.4, -0.2) is 49.0 Å². The Kier molecular flexibility index (Phi) is 4.52. The van der Waals surface area contributed by atoms with E-state index in [0.717, 1.165) is 17.7 Å². The van der Waals surface area contributed by atoms with Crippen molar-refractivity contribution in [2.75, 3.05) is 14.2 Å². The van der Waals surface area contributed by atoms with E-state index >= 15 is 0 Å². The van der Waals surface area contributed by atoms with Crippen LogP contribution in [0.5, 0.6) is 11.5 Å². The SMILES string of the molecule is COc1ccc([C@]2(C)NC(=O)N([C@@H](C)C(=O)NC3CC3)C2=O)cc1OC. The molecule has 1 aromatic rings. The Bertz CT molecular complexity index is 761. The Hall–Kier alpha value is -2.77. The third-order valence-electron chi connectivity index (χ3n) is 4.87. The Labute approximate surface area is 151 Å². The third-order valence-corrected chi connectivity index (χ3v) is 4.87. The standard InChI is InChI=1S/C18H23N3O5/c1-10(15(22)19-12-6-7-12)21-16(23)18(2,20-17(21)24)11-5-8-13(25-3)14(9-11)26-4/h5,8-10,12H,6-7H2,1-4H3,(H,19,22)(H,20,24)/t10-,18-/m0/s1. The molecule has 140 valence electrons. The van der Waals surface area contributed by atoms with E-state index in [1.165, 1.54) is 14.2 Å². The summed E-state index contributed by atoms with van der Waals surface area (Å²) in [6.45, 7) is 3.16. The summed E-state index contributed by atoms with van der Waals surface area (Å²) < 4.78 is 10.5. The predicted molar refractivity (Wildman–Crippen MR) is 92.9 cm³/mol. The number of urea groups is 1. The van der Waals surface area contributed by atoms with Gasteiger partial charge in [-0.15, -0.1) is 0 Å². The minimum Gasteiger partial charge on any atom is -0.493 e. The largest absolute Gasteiger partial charge is 0.493 e. The molecule has 0 aromatic heterocycles. The van der Waals surface area contributed by atoms with Crippen molar-refractivity contribution >= 4 is 17.8 Å². The summed E-state index contributed by atoms with van der Waals surface area (Å²) in [6.07, 6.45) is 1.87. The van der Waals surface area contributed by atoms with Crippen molar-refractivity contribution in [1.82, 2.24) is 15.5 Å². The smallest absolute Gasteiger partial charge is 0.326 e. The molecule has 4 amide bonds. The number of amides is 4. The van der Waals surface area contributed by atoms with Crippen LogP contribution in [0.1, 0.15) is 32.3 Å². The maximum atomic E-state index is 13.0. The van der Waals surface area contributed by atoms with Gasteiger partial charge in [0.15, 0.2) is 11.5 Å². The van der Waals surface area contributed by atoms with Gasteiger partial charge in [0.05, 0.1) is 14.2 Å². The molecule has 2 fully saturated rings. The molecule has 1 aliphatic carbocycles. The van der Waals surface area contributed by atoms with E-state index < -0.39 is 23.5 Å². The maximum Gasteiger partial charge on any atom is 0.326 e. The van der Waals surface area contributed by atoms with Gasteiger partial charge >= 0.3 is 6.03 Å². The molecule has 1 heterocycles. The molecule has 2 N–H and O–H groups in total. The summed E-state index contributed by atoms with van der Waals surface area (Å²) in [6, 6.07) is 3.69. The summed E-state index contributed by atoms with van der Waals surface area (Å²) in [5.74, 6) is 0.164. The van der Waals surface area contributed by atoms with Crippen LogP contribution in [0.4, 0.5) is 4.79 Å². The predicted octanol–water partition coefficient (Wildman–Crippen LogP) is 1.14. The lowest BCUT2D eigenvalue weighted by Crippen LogP contribution is -2.49. The van der Waals surface area contributed by atoms with Gasteiger partial charge in [-0.2, -0.15) is 0 Å².